The van der Waals surface area contributed by atoms with E-state index in [1.807, 2.05) is 24.0 Å². The van der Waals surface area contributed by atoms with Gasteiger partial charge < -0.3 is 9.80 Å². The third-order valence-electron chi connectivity index (χ3n) is 5.53. The third-order valence-corrected chi connectivity index (χ3v) is 6.55. The Bertz CT molecular complexity index is 785. The van der Waals surface area contributed by atoms with E-state index in [1.54, 1.807) is 17.4 Å². The zero-order valence-electron chi connectivity index (χ0n) is 15.0. The van der Waals surface area contributed by atoms with Gasteiger partial charge in [0.1, 0.15) is 5.82 Å². The van der Waals surface area contributed by atoms with E-state index in [2.05, 4.69) is 21.2 Å². The summed E-state index contributed by atoms with van der Waals surface area (Å²) in [5.41, 5.74) is 1.96. The van der Waals surface area contributed by atoms with Gasteiger partial charge in [-0.1, -0.05) is 12.1 Å². The standard InChI is InChI=1S/C20H24FN3OS/c1-15(20(25)24-8-6-19-16(14-24)7-13-26-19)22-9-11-23(12-10-22)18-5-3-2-4-17(18)21/h2-5,7,13,15H,6,8-12,14H2,1H3. The zero-order valence-corrected chi connectivity index (χ0v) is 15.8. The monoisotopic (exact) mass is 373 g/mol. The maximum absolute atomic E-state index is 14.0. The van der Waals surface area contributed by atoms with Gasteiger partial charge >= 0.3 is 0 Å². The Morgan fingerprint density at radius 1 is 1.12 bits per heavy atom. The highest BCUT2D eigenvalue weighted by Gasteiger charge is 2.31. The smallest absolute Gasteiger partial charge is 0.239 e. The fraction of sp³-hybridized carbons (Fsp3) is 0.450. The second kappa shape index (κ2) is 7.37. The van der Waals surface area contributed by atoms with Gasteiger partial charge in [-0.05, 0) is 42.5 Å². The van der Waals surface area contributed by atoms with Gasteiger partial charge in [-0.25, -0.2) is 4.39 Å². The predicted octanol–water partition coefficient (Wildman–Crippen LogP) is 2.98. The van der Waals surface area contributed by atoms with Crippen molar-refractivity contribution in [3.8, 4) is 0 Å². The Morgan fingerprint density at radius 3 is 2.65 bits per heavy atom. The molecule has 0 aliphatic carbocycles. The molecule has 4 rings (SSSR count). The van der Waals surface area contributed by atoms with Crippen molar-refractivity contribution in [3.05, 3.63) is 52.0 Å². The van der Waals surface area contributed by atoms with Crippen LogP contribution in [-0.2, 0) is 17.8 Å². The molecule has 1 amide bonds. The normalized spacial score (nSPS) is 19.3. The van der Waals surface area contributed by atoms with E-state index in [0.717, 1.165) is 45.7 Å². The lowest BCUT2D eigenvalue weighted by atomic mass is 10.1. The van der Waals surface area contributed by atoms with Crippen LogP contribution in [0.5, 0.6) is 0 Å². The number of thiophene rings is 1. The first-order chi connectivity index (χ1) is 12.6. The lowest BCUT2D eigenvalue weighted by Gasteiger charge is -2.40. The molecule has 0 N–H and O–H groups in total. The van der Waals surface area contributed by atoms with Crippen LogP contribution in [-0.4, -0.2) is 54.5 Å². The van der Waals surface area contributed by atoms with E-state index in [9.17, 15) is 9.18 Å². The van der Waals surface area contributed by atoms with Gasteiger partial charge in [-0.3, -0.25) is 9.69 Å². The van der Waals surface area contributed by atoms with Crippen molar-refractivity contribution < 1.29 is 9.18 Å². The number of rotatable bonds is 3. The SMILES string of the molecule is CC(C(=O)N1CCc2sccc2C1)N1CCN(c2ccccc2F)CC1. The topological polar surface area (TPSA) is 26.8 Å². The average molecular weight is 373 g/mol. The second-order valence-corrected chi connectivity index (χ2v) is 8.03. The molecule has 138 valence electrons. The van der Waals surface area contributed by atoms with E-state index < -0.39 is 0 Å². The second-order valence-electron chi connectivity index (χ2n) is 7.03. The lowest BCUT2D eigenvalue weighted by Crippen LogP contribution is -2.55. The first-order valence-corrected chi connectivity index (χ1v) is 10.1. The molecule has 0 radical (unpaired) electrons. The Morgan fingerprint density at radius 2 is 1.88 bits per heavy atom. The number of carbonyl (C=O) groups excluding carboxylic acids is 1. The van der Waals surface area contributed by atoms with E-state index in [-0.39, 0.29) is 17.8 Å². The summed E-state index contributed by atoms with van der Waals surface area (Å²) in [5, 5.41) is 2.12. The van der Waals surface area contributed by atoms with Crippen LogP contribution < -0.4 is 4.90 Å². The molecule has 2 aliphatic heterocycles. The molecule has 0 bridgehead atoms. The fourth-order valence-electron chi connectivity index (χ4n) is 3.92. The van der Waals surface area contributed by atoms with Crippen LogP contribution in [0.15, 0.2) is 35.7 Å². The molecule has 2 aromatic rings. The van der Waals surface area contributed by atoms with Crippen LogP contribution in [0.25, 0.3) is 0 Å². The fourth-order valence-corrected chi connectivity index (χ4v) is 4.80. The quantitative estimate of drug-likeness (QED) is 0.828. The highest BCUT2D eigenvalue weighted by atomic mass is 32.1. The van der Waals surface area contributed by atoms with Crippen molar-refractivity contribution in [2.45, 2.75) is 25.9 Å². The molecule has 1 saturated heterocycles. The molecule has 1 aromatic carbocycles. The number of hydrogen-bond acceptors (Lipinski definition) is 4. The summed E-state index contributed by atoms with van der Waals surface area (Å²) >= 11 is 1.79. The molecule has 1 fully saturated rings. The first kappa shape index (κ1) is 17.5. The van der Waals surface area contributed by atoms with Gasteiger partial charge in [0.05, 0.1) is 11.7 Å². The molecule has 1 aromatic heterocycles. The summed E-state index contributed by atoms with van der Waals surface area (Å²) in [5.74, 6) is 0.0335. The molecule has 0 saturated carbocycles. The van der Waals surface area contributed by atoms with E-state index >= 15 is 0 Å². The molecular weight excluding hydrogens is 349 g/mol. The van der Waals surface area contributed by atoms with Gasteiger partial charge in [0, 0.05) is 44.1 Å². The van der Waals surface area contributed by atoms with Gasteiger partial charge in [0.15, 0.2) is 0 Å². The number of amides is 1. The summed E-state index contributed by atoms with van der Waals surface area (Å²) in [4.78, 5) is 20.7. The zero-order chi connectivity index (χ0) is 18.1. The van der Waals surface area contributed by atoms with Gasteiger partial charge in [0.25, 0.3) is 0 Å². The molecule has 4 nitrogen and oxygen atoms in total. The highest BCUT2D eigenvalue weighted by molar-refractivity contribution is 7.10. The summed E-state index contributed by atoms with van der Waals surface area (Å²) in [6.45, 7) is 6.59. The van der Waals surface area contributed by atoms with Crippen molar-refractivity contribution in [2.75, 3.05) is 37.6 Å². The molecular formula is C20H24FN3OS. The summed E-state index contributed by atoms with van der Waals surface area (Å²) in [6.07, 6.45) is 0.965. The predicted molar refractivity (Wildman–Crippen MR) is 103 cm³/mol. The Hall–Kier alpha value is -1.92. The minimum atomic E-state index is -0.176. The van der Waals surface area contributed by atoms with Crippen molar-refractivity contribution in [3.63, 3.8) is 0 Å². The van der Waals surface area contributed by atoms with E-state index in [1.165, 1.54) is 16.5 Å². The van der Waals surface area contributed by atoms with Crippen molar-refractivity contribution in [1.82, 2.24) is 9.80 Å². The molecule has 6 heteroatoms. The largest absolute Gasteiger partial charge is 0.367 e. The number of fused-ring (bicyclic) bond motifs is 1. The van der Waals surface area contributed by atoms with Crippen molar-refractivity contribution >= 4 is 22.9 Å². The maximum Gasteiger partial charge on any atom is 0.239 e. The number of para-hydroxylation sites is 1. The summed E-state index contributed by atoms with van der Waals surface area (Å²) in [6, 6.07) is 8.92. The molecule has 0 spiro atoms. The number of hydrogen-bond donors (Lipinski definition) is 0. The number of anilines is 1. The minimum absolute atomic E-state index is 0.127. The Balaban J connectivity index is 1.35. The molecule has 1 unspecified atom stereocenters. The van der Waals surface area contributed by atoms with Gasteiger partial charge in [0.2, 0.25) is 5.91 Å². The molecule has 1 atom stereocenters. The summed E-state index contributed by atoms with van der Waals surface area (Å²) in [7, 11) is 0. The number of nitrogens with zero attached hydrogens (tertiary/aromatic N) is 3. The minimum Gasteiger partial charge on any atom is -0.367 e. The first-order valence-electron chi connectivity index (χ1n) is 9.21. The lowest BCUT2D eigenvalue weighted by molar-refractivity contribution is -0.137. The maximum atomic E-state index is 14.0. The van der Waals surface area contributed by atoms with Crippen LogP contribution in [0.1, 0.15) is 17.4 Å². The number of benzene rings is 1. The molecule has 26 heavy (non-hydrogen) atoms. The molecule has 2 aliphatic rings. The van der Waals surface area contributed by atoms with Crippen LogP contribution in [0.2, 0.25) is 0 Å². The van der Waals surface area contributed by atoms with Gasteiger partial charge in [-0.2, -0.15) is 0 Å². The van der Waals surface area contributed by atoms with Gasteiger partial charge in [-0.15, -0.1) is 11.3 Å². The highest BCUT2D eigenvalue weighted by Crippen LogP contribution is 2.25. The van der Waals surface area contributed by atoms with Crippen molar-refractivity contribution in [2.24, 2.45) is 0 Å². The molecule has 3 heterocycles. The average Bonchev–Trinajstić information content (AvgIpc) is 3.15. The van der Waals surface area contributed by atoms with Crippen molar-refractivity contribution in [1.29, 1.82) is 0 Å². The summed E-state index contributed by atoms with van der Waals surface area (Å²) < 4.78 is 14.0. The Kier molecular flexibility index (Phi) is 4.96. The van der Waals surface area contributed by atoms with Crippen LogP contribution in [0, 0.1) is 5.82 Å². The number of carbonyl (C=O) groups is 1. The number of piperazine rings is 1. The third kappa shape index (κ3) is 3.35. The van der Waals surface area contributed by atoms with E-state index in [0.29, 0.717) is 5.69 Å². The Labute approximate surface area is 157 Å². The van der Waals surface area contributed by atoms with Crippen LogP contribution >= 0.6 is 11.3 Å². The number of halogens is 1. The van der Waals surface area contributed by atoms with Crippen LogP contribution in [0.3, 0.4) is 0 Å². The van der Waals surface area contributed by atoms with Crippen LogP contribution in [0.4, 0.5) is 10.1 Å². The van der Waals surface area contributed by atoms with E-state index in [4.69, 9.17) is 0 Å².